The molecule has 1 aromatic heterocycles. The van der Waals surface area contributed by atoms with Crippen LogP contribution in [0.1, 0.15) is 52.7 Å². The van der Waals surface area contributed by atoms with Crippen LogP contribution >= 0.6 is 11.3 Å². The molecule has 1 spiro atoms. The molecule has 0 unspecified atom stereocenters. The molecule has 2 N–H and O–H groups in total. The number of aromatic nitrogens is 1. The van der Waals surface area contributed by atoms with E-state index < -0.39 is 24.1 Å². The van der Waals surface area contributed by atoms with E-state index in [1.165, 1.54) is 18.3 Å². The number of carbonyl (C=O) groups is 4. The van der Waals surface area contributed by atoms with Crippen molar-refractivity contribution in [3.8, 4) is 0 Å². The first-order valence-corrected chi connectivity index (χ1v) is 10.4. The lowest BCUT2D eigenvalue weighted by Crippen LogP contribution is -2.54. The Kier molecular flexibility index (Phi) is 5.66. The van der Waals surface area contributed by atoms with Crippen LogP contribution in [0, 0.1) is 11.3 Å². The molecule has 2 heterocycles. The second kappa shape index (κ2) is 7.74. The molecular formula is C19H26N4O5S. The third-order valence-corrected chi connectivity index (χ3v) is 5.93. The van der Waals surface area contributed by atoms with E-state index in [0.717, 1.165) is 11.3 Å². The normalized spacial score (nSPS) is 25.8. The molecule has 2 atom stereocenters. The van der Waals surface area contributed by atoms with Crippen LogP contribution in [0.2, 0.25) is 0 Å². The zero-order valence-corrected chi connectivity index (χ0v) is 17.9. The van der Waals surface area contributed by atoms with Crippen molar-refractivity contribution in [2.24, 2.45) is 11.3 Å². The Labute approximate surface area is 173 Å². The molecule has 4 amide bonds. The van der Waals surface area contributed by atoms with Crippen molar-refractivity contribution in [2.75, 3.05) is 11.9 Å². The van der Waals surface area contributed by atoms with E-state index in [1.807, 2.05) is 0 Å². The second-order valence-electron chi connectivity index (χ2n) is 8.74. The average Bonchev–Trinajstić information content (AvgIpc) is 3.09. The highest BCUT2D eigenvalue weighted by molar-refractivity contribution is 7.13. The van der Waals surface area contributed by atoms with Crippen molar-refractivity contribution in [3.05, 3.63) is 11.1 Å². The van der Waals surface area contributed by atoms with Gasteiger partial charge in [-0.2, -0.15) is 0 Å². The summed E-state index contributed by atoms with van der Waals surface area (Å²) in [7, 11) is 0. The van der Waals surface area contributed by atoms with Gasteiger partial charge in [-0.05, 0) is 30.6 Å². The fourth-order valence-corrected chi connectivity index (χ4v) is 5.30. The number of nitrogens with one attached hydrogen (secondary N) is 2. The molecule has 1 saturated heterocycles. The highest BCUT2D eigenvalue weighted by atomic mass is 32.1. The van der Waals surface area contributed by atoms with Crippen molar-refractivity contribution in [3.63, 3.8) is 0 Å². The predicted molar refractivity (Wildman–Crippen MR) is 106 cm³/mol. The van der Waals surface area contributed by atoms with Gasteiger partial charge in [0.2, 0.25) is 5.91 Å². The fraction of sp³-hybridized carbons (Fsp3) is 0.632. The van der Waals surface area contributed by atoms with Gasteiger partial charge in [-0.15, -0.1) is 11.3 Å². The number of hydrogen-bond acceptors (Lipinski definition) is 7. The number of imide groups is 1. The first-order valence-electron chi connectivity index (χ1n) is 9.51. The summed E-state index contributed by atoms with van der Waals surface area (Å²) in [5.41, 5.74) is -0.544. The Morgan fingerprint density at radius 2 is 2.10 bits per heavy atom. The Hall–Kier alpha value is -2.49. The van der Waals surface area contributed by atoms with Crippen molar-refractivity contribution in [1.29, 1.82) is 0 Å². The minimum atomic E-state index is -0.944. The van der Waals surface area contributed by atoms with Crippen molar-refractivity contribution < 1.29 is 23.9 Å². The molecular weight excluding hydrogens is 396 g/mol. The van der Waals surface area contributed by atoms with Crippen molar-refractivity contribution in [1.82, 2.24) is 15.2 Å². The van der Waals surface area contributed by atoms with Gasteiger partial charge >= 0.3 is 12.0 Å². The summed E-state index contributed by atoms with van der Waals surface area (Å²) < 4.78 is 5.16. The van der Waals surface area contributed by atoms with Gasteiger partial charge in [0.25, 0.3) is 5.91 Å². The smallest absolute Gasteiger partial charge is 0.326 e. The number of urea groups is 1. The van der Waals surface area contributed by atoms with Crippen molar-refractivity contribution in [2.45, 2.75) is 59.1 Å². The molecule has 0 radical (unpaired) electrons. The highest BCUT2D eigenvalue weighted by Crippen LogP contribution is 2.46. The van der Waals surface area contributed by atoms with E-state index in [2.05, 4.69) is 36.4 Å². The van der Waals surface area contributed by atoms with E-state index in [-0.39, 0.29) is 29.8 Å². The maximum absolute atomic E-state index is 13.0. The Bertz CT molecular complexity index is 851. The van der Waals surface area contributed by atoms with Gasteiger partial charge in [-0.25, -0.2) is 9.78 Å². The summed E-state index contributed by atoms with van der Waals surface area (Å²) >= 11 is 1.21. The summed E-state index contributed by atoms with van der Waals surface area (Å²) in [6.07, 6.45) is 2.09. The van der Waals surface area contributed by atoms with E-state index in [1.54, 1.807) is 5.38 Å². The number of amides is 4. The molecule has 158 valence electrons. The van der Waals surface area contributed by atoms with Gasteiger partial charge in [0, 0.05) is 12.3 Å². The van der Waals surface area contributed by atoms with Crippen LogP contribution in [0.15, 0.2) is 5.38 Å². The van der Waals surface area contributed by atoms with Crippen LogP contribution in [0.5, 0.6) is 0 Å². The van der Waals surface area contributed by atoms with Gasteiger partial charge in [0.05, 0.1) is 5.69 Å². The lowest BCUT2D eigenvalue weighted by Gasteiger charge is -2.43. The van der Waals surface area contributed by atoms with Gasteiger partial charge in [0.1, 0.15) is 18.7 Å². The van der Waals surface area contributed by atoms with Crippen molar-refractivity contribution >= 4 is 40.3 Å². The molecule has 10 heteroatoms. The molecule has 0 aromatic carbocycles. The topological polar surface area (TPSA) is 118 Å². The number of hydrogen-bond donors (Lipinski definition) is 2. The average molecular weight is 423 g/mol. The minimum absolute atomic E-state index is 0.0760. The van der Waals surface area contributed by atoms with E-state index >= 15 is 0 Å². The molecule has 1 aromatic rings. The Balaban J connectivity index is 1.59. The molecule has 1 aliphatic heterocycles. The van der Waals surface area contributed by atoms with Crippen LogP contribution < -0.4 is 10.6 Å². The minimum Gasteiger partial charge on any atom is -0.458 e. The van der Waals surface area contributed by atoms with Crippen LogP contribution in [-0.4, -0.2) is 45.8 Å². The first-order chi connectivity index (χ1) is 13.5. The number of anilines is 1. The summed E-state index contributed by atoms with van der Waals surface area (Å²) in [5, 5.41) is 7.45. The molecule has 2 aliphatic rings. The number of carbonyl (C=O) groups excluding carboxylic acids is 4. The van der Waals surface area contributed by atoms with E-state index in [4.69, 9.17) is 4.74 Å². The third kappa shape index (κ3) is 4.75. The lowest BCUT2D eigenvalue weighted by atomic mass is 9.64. The van der Waals surface area contributed by atoms with Crippen LogP contribution in [0.3, 0.4) is 0 Å². The van der Waals surface area contributed by atoms with Crippen LogP contribution in [0.4, 0.5) is 9.93 Å². The highest BCUT2D eigenvalue weighted by Gasteiger charge is 2.56. The largest absolute Gasteiger partial charge is 0.458 e. The molecule has 1 saturated carbocycles. The fourth-order valence-electron chi connectivity index (χ4n) is 4.56. The molecule has 3 rings (SSSR count). The number of nitrogens with zero attached hydrogens (tertiary/aromatic N) is 2. The maximum atomic E-state index is 13.0. The summed E-state index contributed by atoms with van der Waals surface area (Å²) in [6.45, 7) is 7.08. The SMILES string of the molecule is CC(=O)Nc1nc(COC(=O)CN2C(=O)N[C@@]3(C[C@@H](C)CC(C)(C)C3)C2=O)cs1. The quantitative estimate of drug-likeness (QED) is 0.555. The zero-order chi connectivity index (χ0) is 21.4. The van der Waals surface area contributed by atoms with Gasteiger partial charge < -0.3 is 15.4 Å². The summed E-state index contributed by atoms with van der Waals surface area (Å²) in [5.74, 6) is -1.00. The number of rotatable bonds is 5. The van der Waals surface area contributed by atoms with Crippen LogP contribution in [0.25, 0.3) is 0 Å². The van der Waals surface area contributed by atoms with E-state index in [9.17, 15) is 19.2 Å². The van der Waals surface area contributed by atoms with E-state index in [0.29, 0.717) is 23.7 Å². The summed E-state index contributed by atoms with van der Waals surface area (Å²) in [6, 6.07) is -0.557. The van der Waals surface area contributed by atoms with Gasteiger partial charge in [-0.3, -0.25) is 19.3 Å². The monoisotopic (exact) mass is 422 g/mol. The standard InChI is InChI=1S/C19H26N4O5S/c1-11-5-18(3,4)10-19(6-11)15(26)23(17(27)22-19)7-14(25)28-8-13-9-29-16(21-13)20-12(2)24/h9,11H,5-8,10H2,1-4H3,(H,22,27)(H,20,21,24)/t11-,19+/m0/s1. The molecule has 1 aliphatic carbocycles. The molecule has 9 nitrogen and oxygen atoms in total. The summed E-state index contributed by atoms with van der Waals surface area (Å²) in [4.78, 5) is 53.8. The van der Waals surface area contributed by atoms with Gasteiger partial charge in [0.15, 0.2) is 5.13 Å². The second-order valence-corrected chi connectivity index (χ2v) is 9.60. The number of esters is 1. The zero-order valence-electron chi connectivity index (χ0n) is 17.0. The van der Waals surface area contributed by atoms with Gasteiger partial charge in [-0.1, -0.05) is 20.8 Å². The molecule has 0 bridgehead atoms. The van der Waals surface area contributed by atoms with Crippen LogP contribution in [-0.2, 0) is 25.7 Å². The first kappa shape index (κ1) is 21.2. The number of thiazole rings is 1. The third-order valence-electron chi connectivity index (χ3n) is 5.13. The Morgan fingerprint density at radius 3 is 2.76 bits per heavy atom. The number of ether oxygens (including phenoxy) is 1. The molecule has 2 fully saturated rings. The Morgan fingerprint density at radius 1 is 1.38 bits per heavy atom. The predicted octanol–water partition coefficient (Wildman–Crippen LogP) is 2.28. The maximum Gasteiger partial charge on any atom is 0.326 e. The molecule has 29 heavy (non-hydrogen) atoms. The lowest BCUT2D eigenvalue weighted by molar-refractivity contribution is -0.149.